The second kappa shape index (κ2) is 8.09. The number of nitrogens with one attached hydrogen (secondary N) is 1. The van der Waals surface area contributed by atoms with E-state index in [0.717, 1.165) is 47.6 Å². The summed E-state index contributed by atoms with van der Waals surface area (Å²) in [5.41, 5.74) is 3.65. The van der Waals surface area contributed by atoms with Crippen LogP contribution in [0.15, 0.2) is 35.7 Å². The number of hydrogen-bond donors (Lipinski definition) is 2. The Morgan fingerprint density at radius 2 is 2.26 bits per heavy atom. The van der Waals surface area contributed by atoms with Gasteiger partial charge in [0.2, 0.25) is 5.88 Å². The van der Waals surface area contributed by atoms with Crippen molar-refractivity contribution >= 4 is 45.8 Å². The molecule has 1 unspecified atom stereocenters. The standard InChI is InChI=1S/C22H22N6O2S/c1-13-7-15(30-16-5-6-28(2)11-16)3-4-18(13)26-22-27-21(29)19(31-22)8-14-9-24-20-17(14)10-23-12-25-20/h3-4,7-10,12,16,29H,5-6,11H2,1-2H3,(H,26,27)/b14-8+. The molecule has 8 nitrogen and oxygen atoms in total. The van der Waals surface area contributed by atoms with Gasteiger partial charge < -0.3 is 20.1 Å². The number of benzene rings is 1. The van der Waals surface area contributed by atoms with E-state index < -0.39 is 0 Å². The molecule has 9 heteroatoms. The van der Waals surface area contributed by atoms with Gasteiger partial charge in [-0.1, -0.05) is 11.3 Å². The Labute approximate surface area is 184 Å². The summed E-state index contributed by atoms with van der Waals surface area (Å²) >= 11 is 1.37. The van der Waals surface area contributed by atoms with E-state index in [0.29, 0.717) is 15.8 Å². The zero-order valence-electron chi connectivity index (χ0n) is 17.2. The van der Waals surface area contributed by atoms with Crippen molar-refractivity contribution in [3.8, 4) is 11.6 Å². The molecule has 0 spiro atoms. The van der Waals surface area contributed by atoms with Gasteiger partial charge in [0.15, 0.2) is 10.9 Å². The highest BCUT2D eigenvalue weighted by Crippen LogP contribution is 2.36. The predicted octanol–water partition coefficient (Wildman–Crippen LogP) is 4.03. The Morgan fingerprint density at radius 1 is 1.35 bits per heavy atom. The molecule has 4 heterocycles. The van der Waals surface area contributed by atoms with Gasteiger partial charge in [-0.15, -0.1) is 0 Å². The minimum atomic E-state index is -0.0262. The van der Waals surface area contributed by atoms with Gasteiger partial charge in [0.25, 0.3) is 0 Å². The van der Waals surface area contributed by atoms with Crippen molar-refractivity contribution in [2.45, 2.75) is 19.4 Å². The van der Waals surface area contributed by atoms with Crippen LogP contribution in [0.25, 0.3) is 11.6 Å². The van der Waals surface area contributed by atoms with Crippen LogP contribution in [-0.4, -0.2) is 57.4 Å². The van der Waals surface area contributed by atoms with E-state index in [1.165, 1.54) is 17.7 Å². The number of aliphatic imine (C=N–C) groups is 1. The Balaban J connectivity index is 1.31. The average Bonchev–Trinajstić information content (AvgIpc) is 3.44. The summed E-state index contributed by atoms with van der Waals surface area (Å²) < 4.78 is 6.11. The number of allylic oxidation sites excluding steroid dienone is 1. The minimum absolute atomic E-state index is 0.0262. The lowest BCUT2D eigenvalue weighted by Crippen LogP contribution is -2.21. The smallest absolute Gasteiger partial charge is 0.231 e. The molecular formula is C22H22N6O2S. The third-order valence-corrected chi connectivity index (χ3v) is 6.25. The molecule has 0 radical (unpaired) electrons. The first-order valence-electron chi connectivity index (χ1n) is 10.0. The molecule has 158 valence electrons. The Bertz CT molecular complexity index is 1190. The third-order valence-electron chi connectivity index (χ3n) is 5.34. The van der Waals surface area contributed by atoms with E-state index in [1.807, 2.05) is 31.2 Å². The highest BCUT2D eigenvalue weighted by Gasteiger charge is 2.21. The number of hydrogen-bond acceptors (Lipinski definition) is 9. The lowest BCUT2D eigenvalue weighted by atomic mass is 10.1. The monoisotopic (exact) mass is 434 g/mol. The SMILES string of the molecule is Cc1cc(OC2CCN(C)C2)ccc1Nc1nc(O)c(/C=C2\C=Nc3ncncc32)s1. The van der Waals surface area contributed by atoms with Crippen LogP contribution in [0.2, 0.25) is 0 Å². The summed E-state index contributed by atoms with van der Waals surface area (Å²) in [6, 6.07) is 5.98. The molecule has 2 aliphatic rings. The van der Waals surface area contributed by atoms with Crippen molar-refractivity contribution in [2.24, 2.45) is 4.99 Å². The van der Waals surface area contributed by atoms with Gasteiger partial charge in [-0.25, -0.2) is 15.0 Å². The maximum Gasteiger partial charge on any atom is 0.231 e. The molecule has 1 aromatic carbocycles. The quantitative estimate of drug-likeness (QED) is 0.626. The van der Waals surface area contributed by atoms with Gasteiger partial charge in [0.05, 0.1) is 4.88 Å². The van der Waals surface area contributed by atoms with E-state index in [9.17, 15) is 5.11 Å². The topological polar surface area (TPSA) is 95.8 Å². The number of fused-ring (bicyclic) bond motifs is 1. The molecule has 2 aromatic heterocycles. The van der Waals surface area contributed by atoms with Crippen LogP contribution in [-0.2, 0) is 0 Å². The minimum Gasteiger partial charge on any atom is -0.492 e. The van der Waals surface area contributed by atoms with Crippen LogP contribution in [0.4, 0.5) is 16.6 Å². The Kier molecular flexibility index (Phi) is 5.13. The van der Waals surface area contributed by atoms with Crippen molar-refractivity contribution in [2.75, 3.05) is 25.5 Å². The van der Waals surface area contributed by atoms with Gasteiger partial charge in [-0.2, -0.15) is 4.98 Å². The van der Waals surface area contributed by atoms with Crippen LogP contribution in [0, 0.1) is 6.92 Å². The molecule has 1 saturated heterocycles. The summed E-state index contributed by atoms with van der Waals surface area (Å²) in [7, 11) is 2.11. The van der Waals surface area contributed by atoms with Crippen LogP contribution < -0.4 is 10.1 Å². The highest BCUT2D eigenvalue weighted by molar-refractivity contribution is 7.16. The van der Waals surface area contributed by atoms with E-state index >= 15 is 0 Å². The van der Waals surface area contributed by atoms with Gasteiger partial charge in [0, 0.05) is 42.3 Å². The predicted molar refractivity (Wildman–Crippen MR) is 123 cm³/mol. The zero-order chi connectivity index (χ0) is 21.4. The first-order valence-corrected chi connectivity index (χ1v) is 10.9. The number of rotatable bonds is 5. The molecule has 0 saturated carbocycles. The van der Waals surface area contributed by atoms with Crippen LogP contribution in [0.3, 0.4) is 0 Å². The van der Waals surface area contributed by atoms with Gasteiger partial charge in [-0.05, 0) is 50.2 Å². The fourth-order valence-corrected chi connectivity index (χ4v) is 4.53. The number of nitrogens with zero attached hydrogens (tertiary/aromatic N) is 5. The van der Waals surface area contributed by atoms with Gasteiger partial charge >= 0.3 is 0 Å². The molecule has 1 atom stereocenters. The lowest BCUT2D eigenvalue weighted by Gasteiger charge is -2.15. The number of ether oxygens (including phenoxy) is 1. The molecule has 5 rings (SSSR count). The fraction of sp³-hybridized carbons (Fsp3) is 0.273. The molecule has 2 N–H and O–H groups in total. The van der Waals surface area contributed by atoms with Crippen LogP contribution >= 0.6 is 11.3 Å². The number of aromatic nitrogens is 3. The van der Waals surface area contributed by atoms with E-state index in [1.54, 1.807) is 12.4 Å². The molecule has 1 fully saturated rings. The van der Waals surface area contributed by atoms with Crippen molar-refractivity contribution in [1.29, 1.82) is 0 Å². The summed E-state index contributed by atoms with van der Waals surface area (Å²) in [4.78, 5) is 19.6. The van der Waals surface area contributed by atoms with Crippen LogP contribution in [0.5, 0.6) is 11.6 Å². The molecule has 31 heavy (non-hydrogen) atoms. The van der Waals surface area contributed by atoms with Gasteiger partial charge in [0.1, 0.15) is 18.2 Å². The van der Waals surface area contributed by atoms with Crippen molar-refractivity contribution < 1.29 is 9.84 Å². The second-order valence-electron chi connectivity index (χ2n) is 7.72. The van der Waals surface area contributed by atoms with E-state index in [4.69, 9.17) is 4.74 Å². The third kappa shape index (κ3) is 4.14. The zero-order valence-corrected chi connectivity index (χ0v) is 18.1. The first-order chi connectivity index (χ1) is 15.0. The first kappa shape index (κ1) is 19.7. The largest absolute Gasteiger partial charge is 0.492 e. The van der Waals surface area contributed by atoms with Gasteiger partial charge in [-0.3, -0.25) is 0 Å². The second-order valence-corrected chi connectivity index (χ2v) is 8.75. The Morgan fingerprint density at radius 3 is 3.06 bits per heavy atom. The lowest BCUT2D eigenvalue weighted by molar-refractivity contribution is 0.208. The average molecular weight is 435 g/mol. The number of aryl methyl sites for hydroxylation is 1. The molecule has 0 amide bonds. The molecular weight excluding hydrogens is 412 g/mol. The van der Waals surface area contributed by atoms with E-state index in [-0.39, 0.29) is 12.0 Å². The molecule has 0 aliphatic carbocycles. The number of anilines is 2. The van der Waals surface area contributed by atoms with Crippen molar-refractivity contribution in [3.63, 3.8) is 0 Å². The summed E-state index contributed by atoms with van der Waals surface area (Å²) in [6.07, 6.45) is 8.04. The normalized spacial score (nSPS) is 19.2. The maximum atomic E-state index is 10.3. The molecule has 2 aliphatic heterocycles. The number of likely N-dealkylation sites (tertiary alicyclic amines) is 1. The van der Waals surface area contributed by atoms with Crippen molar-refractivity contribution in [1.82, 2.24) is 19.9 Å². The summed E-state index contributed by atoms with van der Waals surface area (Å²) in [5.74, 6) is 1.48. The number of thiazole rings is 1. The van der Waals surface area contributed by atoms with Crippen molar-refractivity contribution in [3.05, 3.63) is 46.7 Å². The fourth-order valence-electron chi connectivity index (χ4n) is 3.71. The Hall–Kier alpha value is -3.30. The highest BCUT2D eigenvalue weighted by atomic mass is 32.1. The number of aromatic hydroxyl groups is 1. The molecule has 0 bridgehead atoms. The maximum absolute atomic E-state index is 10.3. The summed E-state index contributed by atoms with van der Waals surface area (Å²) in [5, 5.41) is 14.2. The summed E-state index contributed by atoms with van der Waals surface area (Å²) in [6.45, 7) is 4.05. The van der Waals surface area contributed by atoms with E-state index in [2.05, 4.69) is 37.2 Å². The number of likely N-dealkylation sites (N-methyl/N-ethyl adjacent to an activating group) is 1. The van der Waals surface area contributed by atoms with Crippen LogP contribution in [0.1, 0.15) is 22.4 Å². The molecule has 3 aromatic rings.